The molecule has 6 rings (SSSR count). The van der Waals surface area contributed by atoms with E-state index in [1.807, 2.05) is 91.2 Å². The van der Waals surface area contributed by atoms with Crippen LogP contribution in [-0.2, 0) is 15.3 Å². The molecule has 40 heavy (non-hydrogen) atoms. The number of aryl methyl sites for hydroxylation is 2. The number of aliphatic hydroxyl groups excluding tert-OH is 1. The van der Waals surface area contributed by atoms with E-state index in [9.17, 15) is 14.7 Å². The Balaban J connectivity index is 1.41. The molecule has 1 unspecified atom stereocenters. The van der Waals surface area contributed by atoms with Crippen LogP contribution in [-0.4, -0.2) is 36.4 Å². The van der Waals surface area contributed by atoms with Gasteiger partial charge in [0.15, 0.2) is 10.1 Å². The first kappa shape index (κ1) is 26.2. The van der Waals surface area contributed by atoms with Gasteiger partial charge in [0.2, 0.25) is 5.13 Å². The van der Waals surface area contributed by atoms with Crippen LogP contribution < -0.4 is 4.90 Å². The molecule has 200 valence electrons. The predicted octanol–water partition coefficient (Wildman–Crippen LogP) is 6.37. The van der Waals surface area contributed by atoms with Crippen molar-refractivity contribution in [2.24, 2.45) is 0 Å². The number of aromatic nitrogens is 4. The normalized spacial score (nSPS) is 16.8. The second-order valence-electron chi connectivity index (χ2n) is 9.28. The van der Waals surface area contributed by atoms with E-state index in [4.69, 9.17) is 11.6 Å². The highest BCUT2D eigenvalue weighted by atomic mass is 35.5. The molecule has 11 heteroatoms. The Kier molecular flexibility index (Phi) is 6.91. The lowest BCUT2D eigenvalue weighted by Crippen LogP contribution is -2.29. The summed E-state index contributed by atoms with van der Waals surface area (Å²) in [6.45, 7) is 3.74. The van der Waals surface area contributed by atoms with Crippen LogP contribution in [0.2, 0.25) is 5.02 Å². The lowest BCUT2D eigenvalue weighted by molar-refractivity contribution is -0.132. The minimum Gasteiger partial charge on any atom is -0.505 e. The quantitative estimate of drug-likeness (QED) is 0.0809. The van der Waals surface area contributed by atoms with E-state index in [2.05, 4.69) is 15.2 Å². The van der Waals surface area contributed by atoms with Gasteiger partial charge in [0, 0.05) is 17.0 Å². The monoisotopic (exact) mass is 587 g/mol. The maximum atomic E-state index is 13.5. The number of carbonyl (C=O) groups is 2. The van der Waals surface area contributed by atoms with Gasteiger partial charge in [-0.25, -0.2) is 4.98 Å². The van der Waals surface area contributed by atoms with Crippen LogP contribution in [0.3, 0.4) is 0 Å². The molecule has 8 nitrogen and oxygen atoms in total. The maximum absolute atomic E-state index is 13.5. The second-order valence-corrected chi connectivity index (χ2v) is 11.9. The van der Waals surface area contributed by atoms with Gasteiger partial charge in [0.1, 0.15) is 11.3 Å². The molecule has 0 spiro atoms. The van der Waals surface area contributed by atoms with Crippen molar-refractivity contribution < 1.29 is 14.7 Å². The number of aliphatic hydroxyl groups is 1. The Hall–Kier alpha value is -3.99. The van der Waals surface area contributed by atoms with E-state index in [-0.39, 0.29) is 22.2 Å². The summed E-state index contributed by atoms with van der Waals surface area (Å²) in [6, 6.07) is 19.6. The third-order valence-corrected chi connectivity index (χ3v) is 9.12. The molecule has 0 aliphatic carbocycles. The van der Waals surface area contributed by atoms with Gasteiger partial charge in [-0.15, -0.1) is 10.2 Å². The Morgan fingerprint density at radius 2 is 1.77 bits per heavy atom. The fourth-order valence-electron chi connectivity index (χ4n) is 4.74. The molecule has 1 aliphatic rings. The molecule has 1 saturated heterocycles. The number of hydrogen-bond donors (Lipinski definition) is 1. The Morgan fingerprint density at radius 3 is 2.50 bits per heavy atom. The standard InChI is InChI=1S/C29H22ClN5O3S2/c1-16-7-6-14-34-17(2)22(31-26(16)34)24(36)21-23(19-8-4-3-5-9-19)35(27(38)25(21)37)28-32-33-29(40-28)39-15-18-10-12-20(30)13-11-18/h3-14,23,36H,15H2,1-2H3/b24-21+. The minimum absolute atomic E-state index is 0.0362. The Morgan fingerprint density at radius 1 is 1.02 bits per heavy atom. The SMILES string of the molecule is Cc1cccn2c(C)c(/C(O)=C3\C(=O)C(=O)N(c4nnc(SCc5ccc(Cl)cc5)s4)C3c3ccccc3)nc12. The molecule has 1 atom stereocenters. The fourth-order valence-corrected chi connectivity index (χ4v) is 6.69. The van der Waals surface area contributed by atoms with Gasteiger partial charge in [0.25, 0.3) is 5.78 Å². The molecule has 0 saturated carbocycles. The Labute approximate surface area is 243 Å². The number of anilines is 1. The summed E-state index contributed by atoms with van der Waals surface area (Å²) >= 11 is 8.68. The smallest absolute Gasteiger partial charge is 0.301 e. The second kappa shape index (κ2) is 10.5. The topological polar surface area (TPSA) is 101 Å². The number of thioether (sulfide) groups is 1. The first-order valence-corrected chi connectivity index (χ1v) is 14.5. The average molecular weight is 588 g/mol. The number of nitrogens with zero attached hydrogens (tertiary/aromatic N) is 5. The third kappa shape index (κ3) is 4.57. The highest BCUT2D eigenvalue weighted by molar-refractivity contribution is 8.00. The first-order valence-electron chi connectivity index (χ1n) is 12.3. The summed E-state index contributed by atoms with van der Waals surface area (Å²) in [4.78, 5) is 33.0. The molecule has 1 amide bonds. The zero-order valence-electron chi connectivity index (χ0n) is 21.4. The molecule has 0 bridgehead atoms. The molecule has 1 N–H and O–H groups in total. The van der Waals surface area contributed by atoms with Crippen molar-refractivity contribution in [3.05, 3.63) is 112 Å². The average Bonchev–Trinajstić information content (AvgIpc) is 3.64. The molecule has 4 heterocycles. The van der Waals surface area contributed by atoms with Gasteiger partial charge in [-0.3, -0.25) is 14.5 Å². The summed E-state index contributed by atoms with van der Waals surface area (Å²) in [5.74, 6) is -1.26. The van der Waals surface area contributed by atoms with E-state index in [0.717, 1.165) is 11.1 Å². The highest BCUT2D eigenvalue weighted by Gasteiger charge is 2.48. The van der Waals surface area contributed by atoms with Crippen LogP contribution in [0, 0.1) is 13.8 Å². The molecule has 2 aromatic carbocycles. The number of ketones is 1. The molecule has 0 radical (unpaired) electrons. The van der Waals surface area contributed by atoms with Crippen molar-refractivity contribution in [3.63, 3.8) is 0 Å². The molecular weight excluding hydrogens is 566 g/mol. The van der Waals surface area contributed by atoms with Crippen molar-refractivity contribution in [1.82, 2.24) is 19.6 Å². The molecule has 1 aliphatic heterocycles. The zero-order chi connectivity index (χ0) is 28.0. The van der Waals surface area contributed by atoms with E-state index < -0.39 is 17.7 Å². The lowest BCUT2D eigenvalue weighted by Gasteiger charge is -2.22. The molecular formula is C29H22ClN5O3S2. The number of imidazole rings is 1. The van der Waals surface area contributed by atoms with Crippen LogP contribution in [0.4, 0.5) is 5.13 Å². The summed E-state index contributed by atoms with van der Waals surface area (Å²) in [5, 5.41) is 21.0. The fraction of sp³-hybridized carbons (Fsp3) is 0.138. The zero-order valence-corrected chi connectivity index (χ0v) is 23.8. The third-order valence-electron chi connectivity index (χ3n) is 6.75. The van der Waals surface area contributed by atoms with Crippen LogP contribution in [0.1, 0.15) is 34.1 Å². The van der Waals surface area contributed by atoms with Crippen LogP contribution >= 0.6 is 34.7 Å². The van der Waals surface area contributed by atoms with Crippen LogP contribution in [0.25, 0.3) is 11.4 Å². The molecule has 3 aromatic heterocycles. The summed E-state index contributed by atoms with van der Waals surface area (Å²) in [6.07, 6.45) is 1.85. The van der Waals surface area contributed by atoms with Gasteiger partial charge < -0.3 is 9.51 Å². The van der Waals surface area contributed by atoms with Crippen LogP contribution in [0.5, 0.6) is 0 Å². The van der Waals surface area contributed by atoms with E-state index in [0.29, 0.717) is 32.0 Å². The van der Waals surface area contributed by atoms with E-state index in [1.165, 1.54) is 28.0 Å². The van der Waals surface area contributed by atoms with Gasteiger partial charge in [0.05, 0.1) is 17.3 Å². The maximum Gasteiger partial charge on any atom is 0.301 e. The number of fused-ring (bicyclic) bond motifs is 1. The summed E-state index contributed by atoms with van der Waals surface area (Å²) in [7, 11) is 0. The molecule has 5 aromatic rings. The number of carbonyl (C=O) groups excluding carboxylic acids is 2. The predicted molar refractivity (Wildman–Crippen MR) is 157 cm³/mol. The van der Waals surface area contributed by atoms with Gasteiger partial charge in [-0.1, -0.05) is 83.2 Å². The van der Waals surface area contributed by atoms with Crippen LogP contribution in [0.15, 0.2) is 82.8 Å². The van der Waals surface area contributed by atoms with E-state index >= 15 is 0 Å². The number of amides is 1. The number of rotatable bonds is 6. The van der Waals surface area contributed by atoms with Crippen molar-refractivity contribution in [1.29, 1.82) is 0 Å². The van der Waals surface area contributed by atoms with Gasteiger partial charge in [-0.05, 0) is 48.7 Å². The highest BCUT2D eigenvalue weighted by Crippen LogP contribution is 2.44. The largest absolute Gasteiger partial charge is 0.505 e. The number of Topliss-reactive ketones (excluding diaryl/α,β-unsaturated/α-hetero) is 1. The number of halogens is 1. The Bertz CT molecular complexity index is 1800. The number of hydrogen-bond acceptors (Lipinski definition) is 8. The minimum atomic E-state index is -0.895. The number of pyridine rings is 1. The van der Waals surface area contributed by atoms with Crippen molar-refractivity contribution in [2.75, 3.05) is 4.90 Å². The first-order chi connectivity index (χ1) is 19.3. The van der Waals surface area contributed by atoms with Gasteiger partial charge in [-0.2, -0.15) is 0 Å². The van der Waals surface area contributed by atoms with Crippen molar-refractivity contribution in [3.8, 4) is 0 Å². The lowest BCUT2D eigenvalue weighted by atomic mass is 9.96. The molecule has 1 fully saturated rings. The summed E-state index contributed by atoms with van der Waals surface area (Å²) in [5.41, 5.74) is 4.18. The summed E-state index contributed by atoms with van der Waals surface area (Å²) < 4.78 is 2.50. The van der Waals surface area contributed by atoms with Gasteiger partial charge >= 0.3 is 5.91 Å². The number of benzene rings is 2. The van der Waals surface area contributed by atoms with Crippen molar-refractivity contribution >= 4 is 62.9 Å². The van der Waals surface area contributed by atoms with Crippen molar-refractivity contribution in [2.45, 2.75) is 30.0 Å². The van der Waals surface area contributed by atoms with E-state index in [1.54, 1.807) is 0 Å².